The second kappa shape index (κ2) is 10.0. The first kappa shape index (κ1) is 27.3. The Bertz CT molecular complexity index is 1510. The van der Waals surface area contributed by atoms with E-state index in [1.807, 2.05) is 4.90 Å². The number of fused-ring (bicyclic) bond motifs is 4. The highest BCUT2D eigenvalue weighted by atomic mass is 19.4. The van der Waals surface area contributed by atoms with Gasteiger partial charge in [-0.15, -0.1) is 13.2 Å². The van der Waals surface area contributed by atoms with Gasteiger partial charge in [-0.1, -0.05) is 0 Å². The van der Waals surface area contributed by atoms with Crippen molar-refractivity contribution in [1.29, 1.82) is 0 Å². The zero-order valence-electron chi connectivity index (χ0n) is 22.5. The summed E-state index contributed by atoms with van der Waals surface area (Å²) in [6.07, 6.45) is -0.699. The van der Waals surface area contributed by atoms with Crippen molar-refractivity contribution in [2.45, 2.75) is 62.3 Å². The Morgan fingerprint density at radius 1 is 1.12 bits per heavy atom. The number of anilines is 1. The Hall–Kier alpha value is -3.52. The second-order valence-corrected chi connectivity index (χ2v) is 11.6. The predicted octanol–water partition coefficient (Wildman–Crippen LogP) is 4.33. The van der Waals surface area contributed by atoms with E-state index >= 15 is 4.39 Å². The fourth-order valence-electron chi connectivity index (χ4n) is 7.05. The zero-order valence-corrected chi connectivity index (χ0v) is 22.5. The number of hydrogen-bond acceptors (Lipinski definition) is 9. The van der Waals surface area contributed by atoms with Gasteiger partial charge in [0, 0.05) is 49.9 Å². The highest BCUT2D eigenvalue weighted by molar-refractivity contribution is 5.92. The van der Waals surface area contributed by atoms with Crippen LogP contribution in [0.1, 0.15) is 32.1 Å². The molecule has 4 saturated heterocycles. The molecule has 1 aromatic carbocycles. The molecule has 2 N–H and O–H groups in total. The Labute approximate surface area is 237 Å². The summed E-state index contributed by atoms with van der Waals surface area (Å²) in [6.45, 7) is 2.46. The molecule has 0 amide bonds. The number of halogens is 5. The Balaban J connectivity index is 1.32. The fourth-order valence-corrected chi connectivity index (χ4v) is 7.05. The molecule has 2 bridgehead atoms. The first-order valence-corrected chi connectivity index (χ1v) is 14.1. The number of nitrogens with zero attached hydrogens (tertiary/aromatic N) is 5. The lowest BCUT2D eigenvalue weighted by atomic mass is 9.95. The normalized spacial score (nSPS) is 27.5. The number of hydrogen-bond donors (Lipinski definition) is 2. The Morgan fingerprint density at radius 3 is 2.67 bits per heavy atom. The van der Waals surface area contributed by atoms with Gasteiger partial charge < -0.3 is 24.8 Å². The number of piperazine rings is 1. The van der Waals surface area contributed by atoms with Crippen LogP contribution in [0, 0.1) is 5.82 Å². The molecule has 0 saturated carbocycles. The lowest BCUT2D eigenvalue weighted by Crippen LogP contribution is -2.51. The monoisotopic (exact) mass is 592 g/mol. The Morgan fingerprint density at radius 2 is 1.90 bits per heavy atom. The molecule has 224 valence electrons. The largest absolute Gasteiger partial charge is 0.573 e. The number of aromatic nitrogens is 3. The molecule has 42 heavy (non-hydrogen) atoms. The van der Waals surface area contributed by atoms with Crippen molar-refractivity contribution >= 4 is 16.7 Å². The van der Waals surface area contributed by atoms with Gasteiger partial charge in [-0.05, 0) is 50.4 Å². The minimum atomic E-state index is -5.05. The van der Waals surface area contributed by atoms with Crippen molar-refractivity contribution in [2.24, 2.45) is 0 Å². The predicted molar refractivity (Wildman–Crippen MR) is 142 cm³/mol. The number of alkyl halides is 4. The van der Waals surface area contributed by atoms with E-state index in [9.17, 15) is 22.7 Å². The molecule has 6 heterocycles. The summed E-state index contributed by atoms with van der Waals surface area (Å²) in [7, 11) is 0. The minimum absolute atomic E-state index is 0.106. The van der Waals surface area contributed by atoms with Gasteiger partial charge in [0.25, 0.3) is 0 Å². The zero-order chi connectivity index (χ0) is 29.2. The molecular formula is C28H29F5N6O3. The number of phenols is 1. The smallest absolute Gasteiger partial charge is 0.508 e. The van der Waals surface area contributed by atoms with Gasteiger partial charge in [0.05, 0.1) is 10.9 Å². The molecular weight excluding hydrogens is 563 g/mol. The molecule has 2 aromatic heterocycles. The SMILES string of the molecule is Oc1ccc(OC(F)(F)F)c(-c2ncc3c(N4C[C@H]5CC[C@@H](C4)N5)nc(OCC45CCCN4CC(F)C5)nc3c2F)c1. The van der Waals surface area contributed by atoms with E-state index in [1.165, 1.54) is 6.20 Å². The molecule has 14 heteroatoms. The van der Waals surface area contributed by atoms with E-state index in [0.29, 0.717) is 31.9 Å². The van der Waals surface area contributed by atoms with Gasteiger partial charge in [0.2, 0.25) is 0 Å². The van der Waals surface area contributed by atoms with Crippen LogP contribution in [-0.4, -0.2) is 87.9 Å². The van der Waals surface area contributed by atoms with Crippen LogP contribution >= 0.6 is 0 Å². The molecule has 9 nitrogen and oxygen atoms in total. The fraction of sp³-hybridized carbons (Fsp3) is 0.536. The quantitative estimate of drug-likeness (QED) is 0.406. The van der Waals surface area contributed by atoms with Crippen molar-refractivity contribution in [3.05, 3.63) is 30.2 Å². The summed E-state index contributed by atoms with van der Waals surface area (Å²) < 4.78 is 80.2. The third-order valence-corrected chi connectivity index (χ3v) is 8.83. The molecule has 4 fully saturated rings. The van der Waals surface area contributed by atoms with Gasteiger partial charge >= 0.3 is 12.4 Å². The van der Waals surface area contributed by atoms with Crippen molar-refractivity contribution in [2.75, 3.05) is 37.7 Å². The van der Waals surface area contributed by atoms with E-state index in [0.717, 1.165) is 50.4 Å². The minimum Gasteiger partial charge on any atom is -0.508 e. The van der Waals surface area contributed by atoms with Gasteiger partial charge in [0.1, 0.15) is 41.3 Å². The summed E-state index contributed by atoms with van der Waals surface area (Å²) in [5.74, 6) is -1.72. The topological polar surface area (TPSA) is 95.9 Å². The van der Waals surface area contributed by atoms with Gasteiger partial charge in [-0.2, -0.15) is 9.97 Å². The summed E-state index contributed by atoms with van der Waals surface area (Å²) in [6, 6.07) is 3.21. The van der Waals surface area contributed by atoms with Crippen molar-refractivity contribution in [1.82, 2.24) is 25.2 Å². The average molecular weight is 593 g/mol. The van der Waals surface area contributed by atoms with Crippen LogP contribution in [0.15, 0.2) is 24.4 Å². The number of phenolic OH excluding ortho intramolecular Hbond substituents is 1. The molecule has 0 aliphatic carbocycles. The maximum Gasteiger partial charge on any atom is 0.573 e. The molecule has 4 aliphatic rings. The standard InChI is InChI=1S/C28H29F5N6O3/c29-15-9-27(6-1-7-39(27)11-15)14-41-26-36-24-20(25(37-26)38-12-16-2-3-17(13-38)35-16)10-34-23(22(24)30)19-8-18(40)4-5-21(19)42-28(31,32)33/h4-5,8,10,15-17,35,40H,1-3,6-7,9,11-14H2/t15?,16-,17+,27?. The number of nitrogens with one attached hydrogen (secondary N) is 1. The molecule has 3 aromatic rings. The lowest BCUT2D eigenvalue weighted by Gasteiger charge is -2.34. The second-order valence-electron chi connectivity index (χ2n) is 11.6. The molecule has 7 rings (SSSR count). The van der Waals surface area contributed by atoms with Crippen LogP contribution in [0.4, 0.5) is 27.8 Å². The summed E-state index contributed by atoms with van der Waals surface area (Å²) in [5, 5.41) is 13.8. The van der Waals surface area contributed by atoms with E-state index in [1.54, 1.807) is 0 Å². The molecule has 0 radical (unpaired) electrons. The first-order chi connectivity index (χ1) is 20.1. The van der Waals surface area contributed by atoms with Gasteiger partial charge in [-0.3, -0.25) is 9.88 Å². The summed E-state index contributed by atoms with van der Waals surface area (Å²) in [5.41, 5.74) is -1.55. The number of rotatable bonds is 6. The van der Waals surface area contributed by atoms with Crippen LogP contribution in [-0.2, 0) is 0 Å². The molecule has 2 unspecified atom stereocenters. The van der Waals surface area contributed by atoms with Crippen molar-refractivity contribution in [3.8, 4) is 28.8 Å². The molecule has 4 atom stereocenters. The number of pyridine rings is 1. The molecule has 0 spiro atoms. The maximum atomic E-state index is 16.3. The maximum absolute atomic E-state index is 16.3. The Kier molecular flexibility index (Phi) is 6.53. The van der Waals surface area contributed by atoms with E-state index in [-0.39, 0.29) is 35.6 Å². The molecule has 4 aliphatic heterocycles. The number of benzene rings is 1. The van der Waals surface area contributed by atoms with Crippen LogP contribution in [0.2, 0.25) is 0 Å². The third kappa shape index (κ3) is 4.93. The van der Waals surface area contributed by atoms with Crippen molar-refractivity contribution < 1.29 is 36.5 Å². The van der Waals surface area contributed by atoms with E-state index in [2.05, 4.69) is 29.9 Å². The number of ether oxygens (including phenoxy) is 2. The van der Waals surface area contributed by atoms with Crippen molar-refractivity contribution in [3.63, 3.8) is 0 Å². The highest BCUT2D eigenvalue weighted by Gasteiger charge is 2.49. The van der Waals surface area contributed by atoms with Gasteiger partial charge in [-0.25, -0.2) is 8.78 Å². The summed E-state index contributed by atoms with van der Waals surface area (Å²) in [4.78, 5) is 17.3. The average Bonchev–Trinajstić information content (AvgIpc) is 3.58. The highest BCUT2D eigenvalue weighted by Crippen LogP contribution is 2.42. The van der Waals surface area contributed by atoms with Gasteiger partial charge in [0.15, 0.2) is 5.82 Å². The lowest BCUT2D eigenvalue weighted by molar-refractivity contribution is -0.274. The van der Waals surface area contributed by atoms with E-state index < -0.39 is 46.6 Å². The number of aromatic hydroxyl groups is 1. The van der Waals surface area contributed by atoms with Crippen LogP contribution in [0.3, 0.4) is 0 Å². The van der Waals surface area contributed by atoms with Crippen LogP contribution in [0.5, 0.6) is 17.5 Å². The summed E-state index contributed by atoms with van der Waals surface area (Å²) >= 11 is 0. The van der Waals surface area contributed by atoms with Crippen LogP contribution < -0.4 is 19.7 Å². The van der Waals surface area contributed by atoms with E-state index in [4.69, 9.17) is 4.74 Å². The third-order valence-electron chi connectivity index (χ3n) is 8.83. The van der Waals surface area contributed by atoms with Crippen LogP contribution in [0.25, 0.3) is 22.2 Å². The first-order valence-electron chi connectivity index (χ1n) is 14.1.